The van der Waals surface area contributed by atoms with Crippen molar-refractivity contribution in [3.8, 4) is 0 Å². The van der Waals surface area contributed by atoms with E-state index >= 15 is 0 Å². The molecule has 0 aliphatic heterocycles. The van der Waals surface area contributed by atoms with Crippen LogP contribution in [0.15, 0.2) is 164 Å². The Balaban J connectivity index is 1.38. The van der Waals surface area contributed by atoms with E-state index in [1.54, 1.807) is 6.08 Å². The average Bonchev–Trinajstić information content (AvgIpc) is 3.27. The minimum absolute atomic E-state index is 0.171. The number of ether oxygens (including phenoxy) is 1. The number of carbonyl (C=O) groups is 2. The Hall–Kier alpha value is -4.67. The van der Waals surface area contributed by atoms with Crippen LogP contribution in [-0.2, 0) is 28.6 Å². The van der Waals surface area contributed by atoms with Crippen LogP contribution >= 0.6 is 0 Å². The van der Waals surface area contributed by atoms with E-state index in [0.29, 0.717) is 18.8 Å². The standard InChI is InChI=1S/C56H70O5Si2/c1-43-35-39-51(56(8,9)44-25-15-10-16-26-44)52(41-43)59-53(58)40-38-45(60-62(54(2,3)4,47-27-17-11-18-28-47)48-29-19-12-20-30-48)36-37-46(42-57)61-63(55(5,6)7,49-31-21-13-22-32-49)50-33-23-14-24-34-50/h10-34,38,40,42-43,45-46,51-52H,35-37,39,41H2,1-9H3/b40-38-/t43-,45+,46-,51-,52-/m1/s1. The molecule has 0 amide bonds. The van der Waals surface area contributed by atoms with Crippen molar-refractivity contribution in [3.05, 3.63) is 169 Å². The zero-order chi connectivity index (χ0) is 45.3. The molecule has 0 heterocycles. The van der Waals surface area contributed by atoms with E-state index in [1.807, 2.05) is 30.3 Å². The SMILES string of the molecule is C[C@@H]1CC[C@@H](C(C)(C)c2ccccc2)[C@H](OC(=O)/C=C\[C@H](CC[C@H](C=O)O[Si](c2ccccc2)(c2ccccc2)C(C)(C)C)O[Si](c2ccccc2)(c2ccccc2)C(C)(C)C)C1. The molecule has 1 saturated carbocycles. The third-order valence-corrected chi connectivity index (χ3v) is 23.7. The van der Waals surface area contributed by atoms with Gasteiger partial charge >= 0.3 is 5.97 Å². The molecule has 0 radical (unpaired) electrons. The lowest BCUT2D eigenvalue weighted by Crippen LogP contribution is -2.68. The Morgan fingerprint density at radius 2 is 0.968 bits per heavy atom. The summed E-state index contributed by atoms with van der Waals surface area (Å²) in [5.74, 6) is 0.260. The van der Waals surface area contributed by atoms with Gasteiger partial charge in [-0.25, -0.2) is 4.79 Å². The summed E-state index contributed by atoms with van der Waals surface area (Å²) in [7, 11) is -6.15. The highest BCUT2D eigenvalue weighted by Crippen LogP contribution is 2.44. The zero-order valence-corrected chi connectivity index (χ0v) is 41.1. The van der Waals surface area contributed by atoms with E-state index < -0.39 is 28.8 Å². The fourth-order valence-electron chi connectivity index (χ4n) is 10.3. The van der Waals surface area contributed by atoms with Gasteiger partial charge in [0.1, 0.15) is 18.5 Å². The predicted octanol–water partition coefficient (Wildman–Crippen LogP) is 10.7. The summed E-state index contributed by atoms with van der Waals surface area (Å²) in [4.78, 5) is 27.6. The van der Waals surface area contributed by atoms with Gasteiger partial charge in [0.05, 0.1) is 6.10 Å². The van der Waals surface area contributed by atoms with Gasteiger partial charge in [0.15, 0.2) is 0 Å². The highest BCUT2D eigenvalue weighted by molar-refractivity contribution is 7.00. The molecule has 0 saturated heterocycles. The summed E-state index contributed by atoms with van der Waals surface area (Å²) < 4.78 is 21.6. The Morgan fingerprint density at radius 3 is 1.37 bits per heavy atom. The number of rotatable bonds is 17. The third-order valence-electron chi connectivity index (χ3n) is 13.6. The van der Waals surface area contributed by atoms with Gasteiger partial charge in [0, 0.05) is 12.0 Å². The second-order valence-electron chi connectivity index (χ2n) is 20.3. The highest BCUT2D eigenvalue weighted by Gasteiger charge is 2.53. The molecule has 0 aromatic heterocycles. The van der Waals surface area contributed by atoms with Crippen molar-refractivity contribution in [1.82, 2.24) is 0 Å². The summed E-state index contributed by atoms with van der Waals surface area (Å²) in [6.45, 7) is 20.3. The monoisotopic (exact) mass is 878 g/mol. The van der Waals surface area contributed by atoms with Gasteiger partial charge in [0.25, 0.3) is 16.6 Å². The van der Waals surface area contributed by atoms with Gasteiger partial charge in [-0.05, 0) is 79.5 Å². The topological polar surface area (TPSA) is 61.8 Å². The highest BCUT2D eigenvalue weighted by atomic mass is 28.4. The van der Waals surface area contributed by atoms with Crippen molar-refractivity contribution in [2.75, 3.05) is 0 Å². The molecule has 1 aliphatic carbocycles. The van der Waals surface area contributed by atoms with Gasteiger partial charge in [-0.3, -0.25) is 0 Å². The van der Waals surface area contributed by atoms with Gasteiger partial charge in [-0.15, -0.1) is 0 Å². The van der Waals surface area contributed by atoms with Crippen molar-refractivity contribution >= 4 is 49.6 Å². The smallest absolute Gasteiger partial charge is 0.330 e. The molecule has 5 aromatic carbocycles. The van der Waals surface area contributed by atoms with Crippen molar-refractivity contribution in [1.29, 1.82) is 0 Å². The van der Waals surface area contributed by atoms with Crippen LogP contribution in [-0.4, -0.2) is 47.2 Å². The number of esters is 1. The largest absolute Gasteiger partial charge is 0.459 e. The van der Waals surface area contributed by atoms with Crippen LogP contribution < -0.4 is 20.7 Å². The maximum atomic E-state index is 14.2. The molecular weight excluding hydrogens is 809 g/mol. The molecular formula is C56H70O5Si2. The molecule has 0 bridgehead atoms. The Labute approximate surface area is 380 Å². The minimum atomic E-state index is -3.10. The van der Waals surface area contributed by atoms with Crippen LogP contribution in [0.1, 0.15) is 100.0 Å². The molecule has 5 atom stereocenters. The number of aldehydes is 1. The summed E-state index contributed by atoms with van der Waals surface area (Å²) in [6.07, 6.45) is 6.71. The molecule has 0 unspecified atom stereocenters. The molecule has 0 N–H and O–H groups in total. The second-order valence-corrected chi connectivity index (χ2v) is 28.8. The molecule has 7 heteroatoms. The zero-order valence-electron chi connectivity index (χ0n) is 39.1. The fraction of sp³-hybridized carbons (Fsp3) is 0.393. The maximum absolute atomic E-state index is 14.2. The summed E-state index contributed by atoms with van der Waals surface area (Å²) in [6, 6.07) is 52.6. The van der Waals surface area contributed by atoms with Crippen LogP contribution in [0, 0.1) is 11.8 Å². The van der Waals surface area contributed by atoms with Crippen molar-refractivity contribution < 1.29 is 23.2 Å². The molecule has 5 nitrogen and oxygen atoms in total. The fourth-order valence-corrected chi connectivity index (χ4v) is 19.6. The number of hydrogen-bond acceptors (Lipinski definition) is 5. The predicted molar refractivity (Wildman–Crippen MR) is 265 cm³/mol. The molecule has 332 valence electrons. The Bertz CT molecular complexity index is 2130. The van der Waals surface area contributed by atoms with Crippen LogP contribution in [0.3, 0.4) is 0 Å². The Kier molecular flexibility index (Phi) is 15.5. The molecule has 1 aliphatic rings. The van der Waals surface area contributed by atoms with E-state index in [0.717, 1.165) is 46.3 Å². The van der Waals surface area contributed by atoms with Gasteiger partial charge in [-0.1, -0.05) is 220 Å². The van der Waals surface area contributed by atoms with Crippen molar-refractivity contribution in [2.24, 2.45) is 11.8 Å². The lowest BCUT2D eigenvalue weighted by Gasteiger charge is -2.45. The first-order valence-electron chi connectivity index (χ1n) is 23.0. The number of hydrogen-bond donors (Lipinski definition) is 0. The third kappa shape index (κ3) is 10.7. The van der Waals surface area contributed by atoms with E-state index in [2.05, 4.69) is 190 Å². The van der Waals surface area contributed by atoms with Gasteiger partial charge in [0.2, 0.25) is 0 Å². The molecule has 6 rings (SSSR count). The molecule has 1 fully saturated rings. The second kappa shape index (κ2) is 20.4. The number of benzene rings is 5. The van der Waals surface area contributed by atoms with E-state index in [4.69, 9.17) is 13.6 Å². The summed E-state index contributed by atoms with van der Waals surface area (Å²) >= 11 is 0. The summed E-state index contributed by atoms with van der Waals surface area (Å²) in [5.41, 5.74) is 1.07. The average molecular weight is 879 g/mol. The van der Waals surface area contributed by atoms with Crippen LogP contribution in [0.25, 0.3) is 0 Å². The first-order chi connectivity index (χ1) is 30.0. The van der Waals surface area contributed by atoms with Crippen LogP contribution in [0.4, 0.5) is 0 Å². The first-order valence-corrected chi connectivity index (χ1v) is 26.8. The van der Waals surface area contributed by atoms with Crippen molar-refractivity contribution in [2.45, 2.75) is 128 Å². The first kappa shape index (κ1) is 47.8. The Morgan fingerprint density at radius 1 is 0.587 bits per heavy atom. The minimum Gasteiger partial charge on any atom is -0.459 e. The van der Waals surface area contributed by atoms with Gasteiger partial charge in [-0.2, -0.15) is 0 Å². The van der Waals surface area contributed by atoms with Gasteiger partial charge < -0.3 is 18.4 Å². The van der Waals surface area contributed by atoms with E-state index in [-0.39, 0.29) is 33.5 Å². The molecule has 63 heavy (non-hydrogen) atoms. The molecule has 0 spiro atoms. The van der Waals surface area contributed by atoms with E-state index in [9.17, 15) is 9.59 Å². The van der Waals surface area contributed by atoms with Crippen molar-refractivity contribution in [3.63, 3.8) is 0 Å². The normalized spacial score (nSPS) is 18.7. The van der Waals surface area contributed by atoms with E-state index in [1.165, 1.54) is 5.56 Å². The molecule has 5 aromatic rings. The van der Waals surface area contributed by atoms with Crippen LogP contribution in [0.2, 0.25) is 10.1 Å². The summed E-state index contributed by atoms with van der Waals surface area (Å²) in [5, 5.41) is 3.89. The maximum Gasteiger partial charge on any atom is 0.330 e. The lowest BCUT2D eigenvalue weighted by molar-refractivity contribution is -0.150. The van der Waals surface area contributed by atoms with Crippen LogP contribution in [0.5, 0.6) is 0 Å². The number of carbonyl (C=O) groups excluding carboxylic acids is 2. The quantitative estimate of drug-likeness (QED) is 0.0403. The lowest BCUT2D eigenvalue weighted by atomic mass is 9.64.